The van der Waals surface area contributed by atoms with E-state index in [1.165, 1.54) is 17.7 Å². The molecule has 0 saturated carbocycles. The minimum absolute atomic E-state index is 0.562. The molecule has 1 unspecified atom stereocenters. The van der Waals surface area contributed by atoms with Crippen LogP contribution in [0.25, 0.3) is 12.2 Å². The van der Waals surface area contributed by atoms with Gasteiger partial charge in [0.2, 0.25) is 0 Å². The van der Waals surface area contributed by atoms with Gasteiger partial charge in [0.25, 0.3) is 6.17 Å². The molecule has 0 saturated heterocycles. The van der Waals surface area contributed by atoms with E-state index in [-0.39, 0.29) is 0 Å². The van der Waals surface area contributed by atoms with Crippen LogP contribution in [0, 0.1) is 0 Å². The predicted molar refractivity (Wildman–Crippen MR) is 92.3 cm³/mol. The smallest absolute Gasteiger partial charge is 0.430 e. The Morgan fingerprint density at radius 1 is 0.852 bits per heavy atom. The van der Waals surface area contributed by atoms with Gasteiger partial charge in [-0.15, -0.1) is 0 Å². The van der Waals surface area contributed by atoms with E-state index in [0.29, 0.717) is 5.56 Å². The molecule has 1 nitrogen and oxygen atoms in total. The molecule has 0 aliphatic carbocycles. The average Bonchev–Trinajstić information content (AvgIpc) is 2.61. The highest BCUT2D eigenvalue weighted by Crippen LogP contribution is 2.36. The summed E-state index contributed by atoms with van der Waals surface area (Å²) in [5.74, 6) is -0.562. The molecular weight excluding hydrogens is 370 g/mol. The zero-order chi connectivity index (χ0) is 20.1. The lowest BCUT2D eigenvalue weighted by molar-refractivity contribution is -0.304. The van der Waals surface area contributed by atoms with Crippen LogP contribution in [0.3, 0.4) is 0 Å². The van der Waals surface area contributed by atoms with Crippen molar-refractivity contribution in [2.75, 3.05) is 0 Å². The molecule has 0 aromatic heterocycles. The Morgan fingerprint density at radius 2 is 1.33 bits per heavy atom. The van der Waals surface area contributed by atoms with Crippen LogP contribution in [-0.2, 0) is 6.42 Å². The fraction of sp³-hybridized carbons (Fsp3) is 0.300. The van der Waals surface area contributed by atoms with Gasteiger partial charge in [-0.25, -0.2) is 4.39 Å². The number of halogens is 6. The highest BCUT2D eigenvalue weighted by atomic mass is 19.4. The summed E-state index contributed by atoms with van der Waals surface area (Å²) < 4.78 is 79.5. The molecule has 27 heavy (non-hydrogen) atoms. The van der Waals surface area contributed by atoms with Crippen molar-refractivity contribution in [3.05, 3.63) is 65.2 Å². The fourth-order valence-corrected chi connectivity index (χ4v) is 2.32. The quantitative estimate of drug-likeness (QED) is 0.380. The van der Waals surface area contributed by atoms with Gasteiger partial charge < -0.3 is 4.74 Å². The predicted octanol–water partition coefficient (Wildman–Crippen LogP) is 6.68. The molecule has 7 heteroatoms. The molecule has 0 radical (unpaired) electrons. The number of ether oxygens (including phenoxy) is 1. The van der Waals surface area contributed by atoms with Gasteiger partial charge in [-0.05, 0) is 35.2 Å². The molecule has 0 fully saturated rings. The molecular formula is C20H18F6O. The third kappa shape index (κ3) is 6.05. The third-order valence-electron chi connectivity index (χ3n) is 3.70. The highest BCUT2D eigenvalue weighted by Gasteiger charge is 2.59. The Labute approximate surface area is 153 Å². The zero-order valence-corrected chi connectivity index (χ0v) is 14.4. The van der Waals surface area contributed by atoms with Gasteiger partial charge in [0.05, 0.1) is 0 Å². The molecule has 0 aliphatic rings. The summed E-state index contributed by atoms with van der Waals surface area (Å²) in [5, 5.41) is 0. The summed E-state index contributed by atoms with van der Waals surface area (Å²) in [7, 11) is 0. The summed E-state index contributed by atoms with van der Waals surface area (Å²) in [6.07, 6.45) is -9.56. The van der Waals surface area contributed by atoms with Gasteiger partial charge in [-0.1, -0.05) is 61.9 Å². The maximum atomic E-state index is 13.2. The highest BCUT2D eigenvalue weighted by molar-refractivity contribution is 5.69. The van der Waals surface area contributed by atoms with Crippen molar-refractivity contribution in [2.24, 2.45) is 0 Å². The monoisotopic (exact) mass is 388 g/mol. The van der Waals surface area contributed by atoms with Crippen molar-refractivity contribution in [1.82, 2.24) is 0 Å². The second-order valence-electron chi connectivity index (χ2n) is 5.96. The molecule has 2 rings (SSSR count). The molecule has 0 spiro atoms. The minimum Gasteiger partial charge on any atom is -0.430 e. The molecule has 146 valence electrons. The second kappa shape index (κ2) is 8.50. The Hall–Kier alpha value is -2.44. The van der Waals surface area contributed by atoms with E-state index in [1.807, 2.05) is 24.3 Å². The molecule has 0 bridgehead atoms. The number of hydrogen-bond donors (Lipinski definition) is 0. The normalized spacial score (nSPS) is 13.7. The van der Waals surface area contributed by atoms with Crippen LogP contribution >= 0.6 is 0 Å². The van der Waals surface area contributed by atoms with Crippen LogP contribution < -0.4 is 4.74 Å². The maximum Gasteiger partial charge on any atom is 0.439 e. The lowest BCUT2D eigenvalue weighted by Crippen LogP contribution is -2.45. The summed E-state index contributed by atoms with van der Waals surface area (Å²) in [6, 6.07) is 12.8. The van der Waals surface area contributed by atoms with E-state index in [9.17, 15) is 26.3 Å². The molecule has 0 amide bonds. The van der Waals surface area contributed by atoms with Gasteiger partial charge in [0.15, 0.2) is 0 Å². The lowest BCUT2D eigenvalue weighted by Gasteiger charge is -2.23. The minimum atomic E-state index is -5.71. The first-order valence-corrected chi connectivity index (χ1v) is 8.26. The van der Waals surface area contributed by atoms with Gasteiger partial charge in [0.1, 0.15) is 5.75 Å². The third-order valence-corrected chi connectivity index (χ3v) is 3.70. The Balaban J connectivity index is 2.02. The van der Waals surface area contributed by atoms with Crippen molar-refractivity contribution < 1.29 is 31.1 Å². The first-order valence-electron chi connectivity index (χ1n) is 8.26. The largest absolute Gasteiger partial charge is 0.439 e. The van der Waals surface area contributed by atoms with Crippen LogP contribution in [-0.4, -0.2) is 18.5 Å². The standard InChI is InChI=1S/C20H18F6O/c1-2-3-14-4-6-15(7-5-14)8-9-16-10-12-17(13-11-16)27-20(25,26)18(21)19(22,23)24/h4-13,18H,2-3H2,1H3/b9-8+. The summed E-state index contributed by atoms with van der Waals surface area (Å²) >= 11 is 0. The molecule has 0 N–H and O–H groups in total. The van der Waals surface area contributed by atoms with Crippen molar-refractivity contribution >= 4 is 12.2 Å². The van der Waals surface area contributed by atoms with Crippen molar-refractivity contribution in [3.8, 4) is 5.75 Å². The summed E-state index contributed by atoms with van der Waals surface area (Å²) in [4.78, 5) is 0. The van der Waals surface area contributed by atoms with E-state index in [2.05, 4.69) is 11.7 Å². The van der Waals surface area contributed by atoms with Crippen molar-refractivity contribution in [1.29, 1.82) is 0 Å². The SMILES string of the molecule is CCCc1ccc(/C=C/c2ccc(OC(F)(F)C(F)C(F)(F)F)cc2)cc1. The van der Waals surface area contributed by atoms with Crippen LogP contribution in [0.1, 0.15) is 30.0 Å². The Morgan fingerprint density at radius 3 is 1.78 bits per heavy atom. The van der Waals surface area contributed by atoms with Crippen LogP contribution in [0.4, 0.5) is 26.3 Å². The first kappa shape index (κ1) is 20.9. The van der Waals surface area contributed by atoms with Crippen LogP contribution in [0.15, 0.2) is 48.5 Å². The fourth-order valence-electron chi connectivity index (χ4n) is 2.32. The van der Waals surface area contributed by atoms with Gasteiger partial charge in [-0.2, -0.15) is 22.0 Å². The molecule has 0 aliphatic heterocycles. The van der Waals surface area contributed by atoms with Crippen LogP contribution in [0.5, 0.6) is 5.75 Å². The number of rotatable bonds is 7. The molecule has 1 atom stereocenters. The maximum absolute atomic E-state index is 13.2. The van der Waals surface area contributed by atoms with E-state index >= 15 is 0 Å². The first-order chi connectivity index (χ1) is 12.6. The average molecular weight is 388 g/mol. The van der Waals surface area contributed by atoms with E-state index in [4.69, 9.17) is 0 Å². The number of benzene rings is 2. The van der Waals surface area contributed by atoms with Crippen molar-refractivity contribution in [2.45, 2.75) is 38.2 Å². The number of alkyl halides is 6. The summed E-state index contributed by atoms with van der Waals surface area (Å²) in [5.41, 5.74) is 2.78. The topological polar surface area (TPSA) is 9.23 Å². The zero-order valence-electron chi connectivity index (χ0n) is 14.4. The van der Waals surface area contributed by atoms with Crippen LogP contribution in [0.2, 0.25) is 0 Å². The Kier molecular flexibility index (Phi) is 6.57. The molecule has 2 aromatic carbocycles. The molecule has 2 aromatic rings. The molecule has 0 heterocycles. The van der Waals surface area contributed by atoms with Gasteiger partial charge in [-0.3, -0.25) is 0 Å². The van der Waals surface area contributed by atoms with Crippen molar-refractivity contribution in [3.63, 3.8) is 0 Å². The van der Waals surface area contributed by atoms with Gasteiger partial charge in [0, 0.05) is 0 Å². The lowest BCUT2D eigenvalue weighted by atomic mass is 10.1. The second-order valence-corrected chi connectivity index (χ2v) is 5.96. The summed E-state index contributed by atoms with van der Waals surface area (Å²) in [6.45, 7) is 2.09. The Bertz CT molecular complexity index is 748. The van der Waals surface area contributed by atoms with E-state index in [0.717, 1.165) is 30.5 Å². The number of aryl methyl sites for hydroxylation is 1. The van der Waals surface area contributed by atoms with E-state index < -0.39 is 24.2 Å². The van der Waals surface area contributed by atoms with E-state index in [1.54, 1.807) is 12.2 Å². The number of hydrogen-bond acceptors (Lipinski definition) is 1. The van der Waals surface area contributed by atoms with Gasteiger partial charge >= 0.3 is 12.3 Å².